The van der Waals surface area contributed by atoms with Crippen molar-refractivity contribution in [3.63, 3.8) is 0 Å². The molecule has 0 unspecified atom stereocenters. The molecule has 1 N–H and O–H groups in total. The summed E-state index contributed by atoms with van der Waals surface area (Å²) in [5.74, 6) is 0.563. The van der Waals surface area contributed by atoms with E-state index in [-0.39, 0.29) is 53.2 Å². The molecule has 2 rings (SSSR count). The quantitative estimate of drug-likeness (QED) is 0.0882. The van der Waals surface area contributed by atoms with Crippen LogP contribution in [0.3, 0.4) is 0 Å². The summed E-state index contributed by atoms with van der Waals surface area (Å²) < 4.78 is 17.5. The summed E-state index contributed by atoms with van der Waals surface area (Å²) in [4.78, 5) is 36.2. The number of hydrogen-bond acceptors (Lipinski definition) is 6. The maximum Gasteiger partial charge on any atom is 0.331 e. The van der Waals surface area contributed by atoms with Crippen molar-refractivity contribution in [2.75, 3.05) is 40.9 Å². The Morgan fingerprint density at radius 3 is 1.94 bits per heavy atom. The lowest BCUT2D eigenvalue weighted by molar-refractivity contribution is -0.870. The summed E-state index contributed by atoms with van der Waals surface area (Å²) in [6.07, 6.45) is 15.6. The first-order valence-corrected chi connectivity index (χ1v) is 18.4. The minimum absolute atomic E-state index is 0. The Morgan fingerprint density at radius 2 is 1.39 bits per heavy atom. The van der Waals surface area contributed by atoms with Gasteiger partial charge in [0.1, 0.15) is 25.0 Å². The van der Waals surface area contributed by atoms with Gasteiger partial charge in [0, 0.05) is 17.5 Å². The number of nitrogens with zero attached hydrogens (tertiary/aromatic N) is 1. The average molecular weight is 709 g/mol. The Hall–Kier alpha value is -2.58. The number of benzene rings is 1. The molecule has 1 aliphatic rings. The number of ether oxygens (including phenoxy) is 3. The summed E-state index contributed by atoms with van der Waals surface area (Å²) in [5.41, 5.74) is 0.255. The number of rotatable bonds is 19. The Morgan fingerprint density at radius 1 is 0.816 bits per heavy atom. The van der Waals surface area contributed by atoms with Gasteiger partial charge >= 0.3 is 11.9 Å². The summed E-state index contributed by atoms with van der Waals surface area (Å²) in [5, 5.41) is 3.16. The third-order valence-corrected chi connectivity index (χ3v) is 9.28. The fraction of sp³-hybridized carbons (Fsp3) is 0.725. The maximum absolute atomic E-state index is 12.4. The Kier molecular flexibility index (Phi) is 22.5. The van der Waals surface area contributed by atoms with Gasteiger partial charge in [-0.3, -0.25) is 9.59 Å². The van der Waals surface area contributed by atoms with Crippen LogP contribution in [-0.4, -0.2) is 75.4 Å². The molecule has 0 saturated heterocycles. The van der Waals surface area contributed by atoms with E-state index in [1.165, 1.54) is 38.2 Å². The first-order chi connectivity index (χ1) is 22.5. The van der Waals surface area contributed by atoms with Crippen LogP contribution in [0.4, 0.5) is 0 Å². The number of esters is 2. The summed E-state index contributed by atoms with van der Waals surface area (Å²) in [6, 6.07) is 7.96. The molecule has 0 aromatic heterocycles. The highest BCUT2D eigenvalue weighted by molar-refractivity contribution is 5.87. The van der Waals surface area contributed by atoms with Gasteiger partial charge in [-0.1, -0.05) is 78.9 Å². The van der Waals surface area contributed by atoms with Crippen LogP contribution in [0.1, 0.15) is 131 Å². The van der Waals surface area contributed by atoms with Crippen molar-refractivity contribution in [1.29, 1.82) is 0 Å². The van der Waals surface area contributed by atoms with Gasteiger partial charge in [0.2, 0.25) is 5.91 Å². The largest absolute Gasteiger partial charge is 1.00 e. The fourth-order valence-electron chi connectivity index (χ4n) is 4.73. The fourth-order valence-corrected chi connectivity index (χ4v) is 4.73. The predicted molar refractivity (Wildman–Crippen MR) is 197 cm³/mol. The third kappa shape index (κ3) is 20.6. The molecule has 1 amide bonds. The first kappa shape index (κ1) is 46.4. The molecule has 0 radical (unpaired) electrons. The highest BCUT2D eigenvalue weighted by Crippen LogP contribution is 2.25. The van der Waals surface area contributed by atoms with Gasteiger partial charge in [-0.2, -0.15) is 0 Å². The maximum atomic E-state index is 12.4. The van der Waals surface area contributed by atoms with Crippen LogP contribution in [-0.2, 0) is 23.9 Å². The second-order valence-electron chi connectivity index (χ2n) is 15.5. The molecule has 282 valence electrons. The van der Waals surface area contributed by atoms with Crippen LogP contribution >= 0.6 is 0 Å². The number of likely N-dealkylation sites (N-methyl/N-ethyl adjacent to an activating group) is 1. The molecule has 0 spiro atoms. The zero-order chi connectivity index (χ0) is 36.2. The molecule has 9 heteroatoms. The van der Waals surface area contributed by atoms with Gasteiger partial charge in [-0.25, -0.2) is 4.79 Å². The van der Waals surface area contributed by atoms with Crippen LogP contribution < -0.4 is 22.5 Å². The zero-order valence-corrected chi connectivity index (χ0v) is 33.3. The van der Waals surface area contributed by atoms with E-state index >= 15 is 0 Å². The van der Waals surface area contributed by atoms with Crippen molar-refractivity contribution in [2.24, 2.45) is 10.8 Å². The molecule has 1 fully saturated rings. The van der Waals surface area contributed by atoms with Gasteiger partial charge in [0.15, 0.2) is 0 Å². The number of carbonyl (C=O) groups excluding carboxylic acids is 3. The smallest absolute Gasteiger partial charge is 0.331 e. The minimum Gasteiger partial charge on any atom is -1.00 e. The van der Waals surface area contributed by atoms with E-state index in [1.54, 1.807) is 6.08 Å². The minimum atomic E-state index is -0.342. The SMILES string of the molecule is CCC(C)(C)C(=O)OCC[N+](C)(C)C.CCCCCCCCOc1ccc(/C=C/C(=O)OC2CCC(NC(=O)C(C)(C)CC)CC2)cc1.[Cl-]. The molecule has 1 aromatic rings. The second-order valence-corrected chi connectivity index (χ2v) is 15.5. The number of unbranched alkanes of at least 4 members (excludes halogenated alkanes) is 5. The Bertz CT molecular complexity index is 1100. The van der Waals surface area contributed by atoms with Crippen LogP contribution in [0.15, 0.2) is 30.3 Å². The standard InChI is InChI=1S/C29H45NO4.C11H24NO2.ClH/c1-5-7-8-9-10-11-22-33-25-17-12-23(13-18-25)14-21-27(31)34-26-19-15-24(16-20-26)30-28(32)29(3,4)6-2;1-7-11(2,3)10(13)14-9-8-12(4,5)6;/h12-14,17-18,21,24,26H,5-11,15-16,19-20,22H2,1-4H3,(H,30,32);7-9H2,1-6H3;1H/q;+1;/p-1/b21-14+;;. The number of halogens is 1. The van der Waals surface area contributed by atoms with Crippen molar-refractivity contribution < 1.29 is 45.5 Å². The number of amides is 1. The molecule has 0 aliphatic heterocycles. The second kappa shape index (κ2) is 23.8. The van der Waals surface area contributed by atoms with Gasteiger partial charge < -0.3 is 36.4 Å². The highest BCUT2D eigenvalue weighted by Gasteiger charge is 2.30. The lowest BCUT2D eigenvalue weighted by atomic mass is 9.87. The van der Waals surface area contributed by atoms with Gasteiger partial charge in [0.25, 0.3) is 0 Å². The van der Waals surface area contributed by atoms with Crippen molar-refractivity contribution in [2.45, 2.75) is 138 Å². The van der Waals surface area contributed by atoms with Gasteiger partial charge in [-0.05, 0) is 82.6 Å². The monoisotopic (exact) mass is 708 g/mol. The number of carbonyl (C=O) groups is 3. The predicted octanol–water partition coefficient (Wildman–Crippen LogP) is 5.52. The van der Waals surface area contributed by atoms with Gasteiger partial charge in [0.05, 0.1) is 33.2 Å². The Labute approximate surface area is 305 Å². The average Bonchev–Trinajstić information content (AvgIpc) is 3.04. The van der Waals surface area contributed by atoms with Crippen molar-refractivity contribution in [3.8, 4) is 5.75 Å². The first-order valence-electron chi connectivity index (χ1n) is 18.4. The van der Waals surface area contributed by atoms with E-state index in [1.807, 2.05) is 65.8 Å². The normalized spacial score (nSPS) is 16.5. The van der Waals surface area contributed by atoms with Crippen LogP contribution in [0.5, 0.6) is 5.75 Å². The van der Waals surface area contributed by atoms with E-state index in [0.717, 1.165) is 73.9 Å². The van der Waals surface area contributed by atoms with E-state index in [0.29, 0.717) is 6.61 Å². The number of quaternary nitrogens is 1. The molecule has 1 aromatic carbocycles. The molecule has 0 atom stereocenters. The van der Waals surface area contributed by atoms with Crippen LogP contribution in [0.2, 0.25) is 0 Å². The van der Waals surface area contributed by atoms with Crippen molar-refractivity contribution >= 4 is 23.9 Å². The van der Waals surface area contributed by atoms with E-state index in [4.69, 9.17) is 14.2 Å². The zero-order valence-electron chi connectivity index (χ0n) is 32.5. The topological polar surface area (TPSA) is 90.9 Å². The molecule has 1 aliphatic carbocycles. The van der Waals surface area contributed by atoms with E-state index in [2.05, 4.69) is 33.4 Å². The molecule has 1 saturated carbocycles. The molecule has 0 heterocycles. The van der Waals surface area contributed by atoms with E-state index in [9.17, 15) is 14.4 Å². The molecular weight excluding hydrogens is 640 g/mol. The summed E-state index contributed by atoms with van der Waals surface area (Å²) in [6.45, 7) is 16.1. The van der Waals surface area contributed by atoms with E-state index < -0.39 is 0 Å². The summed E-state index contributed by atoms with van der Waals surface area (Å²) in [7, 11) is 6.25. The summed E-state index contributed by atoms with van der Waals surface area (Å²) >= 11 is 0. The molecule has 49 heavy (non-hydrogen) atoms. The molecule has 8 nitrogen and oxygen atoms in total. The highest BCUT2D eigenvalue weighted by atomic mass is 35.5. The Balaban J connectivity index is 0.00000130. The number of nitrogens with one attached hydrogen (secondary N) is 1. The van der Waals surface area contributed by atoms with Gasteiger partial charge in [-0.15, -0.1) is 0 Å². The molecule has 0 bridgehead atoms. The van der Waals surface area contributed by atoms with Crippen molar-refractivity contribution in [3.05, 3.63) is 35.9 Å². The molecular formula is C40H69ClN2O6. The van der Waals surface area contributed by atoms with Crippen LogP contribution in [0, 0.1) is 10.8 Å². The third-order valence-electron chi connectivity index (χ3n) is 9.28. The van der Waals surface area contributed by atoms with Crippen molar-refractivity contribution in [1.82, 2.24) is 5.32 Å². The van der Waals surface area contributed by atoms with Crippen LogP contribution in [0.25, 0.3) is 6.08 Å². The lowest BCUT2D eigenvalue weighted by Crippen LogP contribution is -3.00. The number of hydrogen-bond donors (Lipinski definition) is 1. The lowest BCUT2D eigenvalue weighted by Gasteiger charge is -2.31.